The fourth-order valence-corrected chi connectivity index (χ4v) is 3.18. The van der Waals surface area contributed by atoms with Crippen LogP contribution in [0.25, 0.3) is 10.9 Å². The molecule has 0 N–H and O–H groups in total. The monoisotopic (exact) mass is 437 g/mol. The Kier molecular flexibility index (Phi) is 6.45. The molecule has 0 aliphatic rings. The predicted octanol–water partition coefficient (Wildman–Crippen LogP) is 5.62. The zero-order valence-electron chi connectivity index (χ0n) is 15.7. The summed E-state index contributed by atoms with van der Waals surface area (Å²) in [5.74, 6) is -1.25. The molecule has 2 aromatic carbocycles. The van der Waals surface area contributed by atoms with E-state index < -0.39 is 17.4 Å². The number of hydrogen-bond acceptors (Lipinski definition) is 5. The van der Waals surface area contributed by atoms with Gasteiger partial charge in [-0.05, 0) is 31.5 Å². The number of alkyl halides is 2. The molecule has 0 spiro atoms. The summed E-state index contributed by atoms with van der Waals surface area (Å²) in [5, 5.41) is 0.0344. The maximum atomic E-state index is 14.4. The Morgan fingerprint density at radius 3 is 2.45 bits per heavy atom. The number of benzene rings is 2. The van der Waals surface area contributed by atoms with Gasteiger partial charge in [-0.25, -0.2) is 9.18 Å². The topological polar surface area (TPSA) is 57.7 Å². The molecule has 0 atom stereocenters. The van der Waals surface area contributed by atoms with Crippen LogP contribution in [0.3, 0.4) is 0 Å². The second-order valence-electron chi connectivity index (χ2n) is 6.54. The lowest BCUT2D eigenvalue weighted by molar-refractivity contribution is -0.00344. The highest BCUT2D eigenvalue weighted by Crippen LogP contribution is 2.39. The molecule has 0 aliphatic heterocycles. The summed E-state index contributed by atoms with van der Waals surface area (Å²) in [7, 11) is 0. The van der Waals surface area contributed by atoms with E-state index >= 15 is 0 Å². The van der Waals surface area contributed by atoms with E-state index in [1.807, 2.05) is 30.3 Å². The number of carbonyl (C=O) groups excluding carboxylic acids is 1. The number of esters is 1. The molecular weight excluding hydrogens is 420 g/mol. The number of hydrogen-bond donors (Lipinski definition) is 0. The lowest BCUT2D eigenvalue weighted by Crippen LogP contribution is -2.26. The van der Waals surface area contributed by atoms with E-state index in [4.69, 9.17) is 37.4 Å². The molecule has 1 heterocycles. The van der Waals surface area contributed by atoms with Crippen molar-refractivity contribution in [1.82, 2.24) is 4.98 Å². The first-order valence-corrected chi connectivity index (χ1v) is 9.73. The molecule has 3 rings (SSSR count). The van der Waals surface area contributed by atoms with Crippen molar-refractivity contribution >= 4 is 40.1 Å². The second kappa shape index (κ2) is 8.84. The van der Waals surface area contributed by atoms with Crippen molar-refractivity contribution in [3.8, 4) is 11.5 Å². The minimum atomic E-state index is -0.936. The van der Waals surface area contributed by atoms with E-state index in [0.717, 1.165) is 5.56 Å². The second-order valence-corrected chi connectivity index (χ2v) is 6.98. The van der Waals surface area contributed by atoms with Crippen molar-refractivity contribution in [1.29, 1.82) is 0 Å². The summed E-state index contributed by atoms with van der Waals surface area (Å²) in [6, 6.07) is 11.2. The van der Waals surface area contributed by atoms with Crippen LogP contribution in [0.2, 0.25) is 0 Å². The minimum Gasteiger partial charge on any atom is -0.477 e. The Balaban J connectivity index is 2.12. The number of aromatic nitrogens is 1. The fourth-order valence-electron chi connectivity index (χ4n) is 2.95. The molecule has 0 saturated heterocycles. The van der Waals surface area contributed by atoms with Gasteiger partial charge in [0.15, 0.2) is 17.9 Å². The molecule has 0 aliphatic carbocycles. The van der Waals surface area contributed by atoms with Crippen molar-refractivity contribution in [2.45, 2.75) is 19.4 Å². The van der Waals surface area contributed by atoms with Crippen LogP contribution in [0.15, 0.2) is 48.7 Å². The highest BCUT2D eigenvalue weighted by molar-refractivity contribution is 6.17. The van der Waals surface area contributed by atoms with Crippen LogP contribution >= 0.6 is 23.2 Å². The molecular formula is C21H18Cl2FNO4. The van der Waals surface area contributed by atoms with Crippen LogP contribution in [-0.2, 0) is 10.3 Å². The number of fused-ring (bicyclic) bond motifs is 1. The molecule has 152 valence electrons. The van der Waals surface area contributed by atoms with Crippen LogP contribution in [0.4, 0.5) is 4.39 Å². The molecule has 0 amide bonds. The van der Waals surface area contributed by atoms with Gasteiger partial charge in [-0.1, -0.05) is 53.5 Å². The average Bonchev–Trinajstić information content (AvgIpc) is 2.70. The fraction of sp³-hybridized carbons (Fsp3) is 0.238. The number of halogens is 3. The standard InChI is InChI=1S/C21H18Cl2FNO4/c1-21(2,13-6-4-3-5-7-13)29-20(26)14-10-16(27-11-22)17-15(24)8-9-25-18(17)19(14)28-12-23/h3-10H,11-12H2,1-2H3. The molecule has 5 nitrogen and oxygen atoms in total. The van der Waals surface area contributed by atoms with Gasteiger partial charge in [0.05, 0.1) is 5.39 Å². The first-order chi connectivity index (χ1) is 13.9. The van der Waals surface area contributed by atoms with E-state index in [1.165, 1.54) is 18.3 Å². The summed E-state index contributed by atoms with van der Waals surface area (Å²) in [4.78, 5) is 17.2. The zero-order chi connectivity index (χ0) is 21.0. The Bertz CT molecular complexity index is 1030. The predicted molar refractivity (Wildman–Crippen MR) is 109 cm³/mol. The third-order valence-corrected chi connectivity index (χ3v) is 4.55. The first kappa shape index (κ1) is 21.1. The number of pyridine rings is 1. The third-order valence-electron chi connectivity index (χ3n) is 4.33. The first-order valence-electron chi connectivity index (χ1n) is 8.66. The average molecular weight is 438 g/mol. The van der Waals surface area contributed by atoms with E-state index in [1.54, 1.807) is 13.8 Å². The number of carbonyl (C=O) groups is 1. The molecule has 8 heteroatoms. The van der Waals surface area contributed by atoms with Crippen molar-refractivity contribution in [3.05, 3.63) is 65.6 Å². The van der Waals surface area contributed by atoms with Crippen LogP contribution < -0.4 is 9.47 Å². The minimum absolute atomic E-state index is 0.000345. The summed E-state index contributed by atoms with van der Waals surface area (Å²) < 4.78 is 30.9. The van der Waals surface area contributed by atoms with Crippen LogP contribution in [0.5, 0.6) is 11.5 Å². The molecule has 3 aromatic rings. The van der Waals surface area contributed by atoms with Gasteiger partial charge in [-0.15, -0.1) is 0 Å². The zero-order valence-corrected chi connectivity index (χ0v) is 17.3. The molecule has 29 heavy (non-hydrogen) atoms. The normalized spacial score (nSPS) is 11.3. The molecule has 0 fully saturated rings. The Labute approximate surface area is 177 Å². The van der Waals surface area contributed by atoms with Gasteiger partial charge in [0.2, 0.25) is 0 Å². The molecule has 1 aromatic heterocycles. The Morgan fingerprint density at radius 1 is 1.10 bits per heavy atom. The summed E-state index contributed by atoms with van der Waals surface area (Å²) in [6.07, 6.45) is 1.26. The smallest absolute Gasteiger partial charge is 0.343 e. The van der Waals surface area contributed by atoms with Crippen molar-refractivity contribution in [3.63, 3.8) is 0 Å². The van der Waals surface area contributed by atoms with Gasteiger partial charge in [-0.3, -0.25) is 4.98 Å². The largest absolute Gasteiger partial charge is 0.477 e. The lowest BCUT2D eigenvalue weighted by Gasteiger charge is -2.26. The SMILES string of the molecule is CC(C)(OC(=O)c1cc(OCCl)c2c(F)ccnc2c1OCCl)c1ccccc1. The maximum absolute atomic E-state index is 14.4. The van der Waals surface area contributed by atoms with Gasteiger partial charge in [0.1, 0.15) is 28.2 Å². The van der Waals surface area contributed by atoms with Crippen molar-refractivity contribution in [2.75, 3.05) is 12.1 Å². The highest BCUT2D eigenvalue weighted by atomic mass is 35.5. The molecule has 0 unspecified atom stereocenters. The number of nitrogens with zero attached hydrogens (tertiary/aromatic N) is 1. The molecule has 0 radical (unpaired) electrons. The van der Waals surface area contributed by atoms with Crippen LogP contribution in [-0.4, -0.2) is 23.1 Å². The van der Waals surface area contributed by atoms with Crippen LogP contribution in [0.1, 0.15) is 29.8 Å². The Morgan fingerprint density at radius 2 is 1.79 bits per heavy atom. The highest BCUT2D eigenvalue weighted by Gasteiger charge is 2.30. The van der Waals surface area contributed by atoms with Gasteiger partial charge < -0.3 is 14.2 Å². The quantitative estimate of drug-likeness (QED) is 0.354. The van der Waals surface area contributed by atoms with Gasteiger partial charge in [0.25, 0.3) is 0 Å². The lowest BCUT2D eigenvalue weighted by atomic mass is 9.98. The van der Waals surface area contributed by atoms with E-state index in [0.29, 0.717) is 0 Å². The molecule has 0 saturated carbocycles. The summed E-state index contributed by atoms with van der Waals surface area (Å²) >= 11 is 11.4. The third kappa shape index (κ3) is 4.38. The van der Waals surface area contributed by atoms with Gasteiger partial charge in [0, 0.05) is 6.20 Å². The Hall–Kier alpha value is -2.57. The van der Waals surface area contributed by atoms with Crippen LogP contribution in [0, 0.1) is 5.82 Å². The maximum Gasteiger partial charge on any atom is 0.343 e. The van der Waals surface area contributed by atoms with E-state index in [-0.39, 0.29) is 40.1 Å². The summed E-state index contributed by atoms with van der Waals surface area (Å²) in [6.45, 7) is 3.52. The van der Waals surface area contributed by atoms with Gasteiger partial charge >= 0.3 is 5.97 Å². The summed E-state index contributed by atoms with van der Waals surface area (Å²) in [5.41, 5.74) is -0.0533. The number of ether oxygens (including phenoxy) is 3. The van der Waals surface area contributed by atoms with E-state index in [9.17, 15) is 9.18 Å². The van der Waals surface area contributed by atoms with Crippen molar-refractivity contribution in [2.24, 2.45) is 0 Å². The van der Waals surface area contributed by atoms with Gasteiger partial charge in [-0.2, -0.15) is 0 Å². The molecule has 0 bridgehead atoms. The van der Waals surface area contributed by atoms with Crippen molar-refractivity contribution < 1.29 is 23.4 Å². The van der Waals surface area contributed by atoms with E-state index in [2.05, 4.69) is 4.98 Å². The number of rotatable bonds is 7.